The third-order valence-corrected chi connectivity index (χ3v) is 1.76. The Bertz CT molecular complexity index is 189. The van der Waals surface area contributed by atoms with Gasteiger partial charge in [-0.3, -0.25) is 0 Å². The summed E-state index contributed by atoms with van der Waals surface area (Å²) in [5.41, 5.74) is 8.15. The summed E-state index contributed by atoms with van der Waals surface area (Å²) in [5, 5.41) is 0. The smallest absolute Gasteiger partial charge is 0.0120 e. The van der Waals surface area contributed by atoms with Crippen LogP contribution in [0.1, 0.15) is 40.5 Å². The zero-order chi connectivity index (χ0) is 11.6. The monoisotopic (exact) mass is 195 g/mol. The maximum absolute atomic E-state index is 5.71. The molecule has 1 nitrogen and oxygen atoms in total. The molecule has 1 rings (SSSR count). The van der Waals surface area contributed by atoms with Gasteiger partial charge in [0.15, 0.2) is 0 Å². The quantitative estimate of drug-likeness (QED) is 0.676. The van der Waals surface area contributed by atoms with E-state index in [2.05, 4.69) is 13.2 Å². The summed E-state index contributed by atoms with van der Waals surface area (Å²) in [6, 6.07) is 0.290. The first-order valence-corrected chi connectivity index (χ1v) is 5.49. The lowest BCUT2D eigenvalue weighted by Gasteiger charge is -1.93. The first-order valence-electron chi connectivity index (χ1n) is 5.49. The van der Waals surface area contributed by atoms with E-state index in [1.807, 2.05) is 33.8 Å². The molecule has 1 unspecified atom stereocenters. The molecule has 2 N–H and O–H groups in total. The Labute approximate surface area is 89.4 Å². The van der Waals surface area contributed by atoms with Crippen molar-refractivity contribution in [3.05, 3.63) is 36.5 Å². The average Bonchev–Trinajstić information content (AvgIpc) is 2.53. The first kappa shape index (κ1) is 15.6. The fourth-order valence-corrected chi connectivity index (χ4v) is 1.27. The summed E-state index contributed by atoms with van der Waals surface area (Å²) < 4.78 is 0. The van der Waals surface area contributed by atoms with Crippen molar-refractivity contribution in [2.75, 3.05) is 0 Å². The lowest BCUT2D eigenvalue weighted by atomic mass is 10.1. The second-order valence-electron chi connectivity index (χ2n) is 2.70. The van der Waals surface area contributed by atoms with Crippen LogP contribution in [-0.2, 0) is 0 Å². The topological polar surface area (TPSA) is 26.0 Å². The largest absolute Gasteiger partial charge is 0.327 e. The van der Waals surface area contributed by atoms with Crippen LogP contribution in [0.2, 0.25) is 0 Å². The van der Waals surface area contributed by atoms with E-state index < -0.39 is 0 Å². The molecule has 82 valence electrons. The molecule has 0 aromatic heterocycles. The van der Waals surface area contributed by atoms with E-state index in [-0.39, 0.29) is 0 Å². The standard InChI is InChI=1S/C9H13N.2C2H6/c1-3-4-8-6-9(10)5-7(8)2;2*1-2/h3-4,9H,1-2,5-6,10H2;2*1-2H3/b8-4-;;. The molecule has 1 heteroatoms. The van der Waals surface area contributed by atoms with E-state index in [1.165, 1.54) is 11.1 Å². The van der Waals surface area contributed by atoms with Gasteiger partial charge in [-0.15, -0.1) is 0 Å². The number of allylic oxidation sites excluding steroid dienone is 2. The molecule has 0 bridgehead atoms. The van der Waals surface area contributed by atoms with Crippen LogP contribution in [0.4, 0.5) is 0 Å². The van der Waals surface area contributed by atoms with E-state index >= 15 is 0 Å². The zero-order valence-electron chi connectivity index (χ0n) is 10.1. The molecular weight excluding hydrogens is 170 g/mol. The summed E-state index contributed by atoms with van der Waals surface area (Å²) in [6.45, 7) is 15.5. The molecular formula is C13H25N. The van der Waals surface area contributed by atoms with E-state index in [4.69, 9.17) is 5.73 Å². The second-order valence-corrected chi connectivity index (χ2v) is 2.70. The Balaban J connectivity index is 0. The van der Waals surface area contributed by atoms with Crippen LogP contribution in [0.25, 0.3) is 0 Å². The predicted molar refractivity (Wildman–Crippen MR) is 67.3 cm³/mol. The van der Waals surface area contributed by atoms with Crippen molar-refractivity contribution in [3.8, 4) is 0 Å². The van der Waals surface area contributed by atoms with Gasteiger partial charge >= 0.3 is 0 Å². The first-order chi connectivity index (χ1) is 6.74. The van der Waals surface area contributed by atoms with Gasteiger partial charge in [0.25, 0.3) is 0 Å². The Morgan fingerprint density at radius 3 is 2.00 bits per heavy atom. The highest BCUT2D eigenvalue weighted by Crippen LogP contribution is 2.27. The van der Waals surface area contributed by atoms with E-state index in [0.717, 1.165) is 12.8 Å². The highest BCUT2D eigenvalue weighted by molar-refractivity contribution is 5.36. The number of rotatable bonds is 1. The van der Waals surface area contributed by atoms with Crippen LogP contribution in [0.3, 0.4) is 0 Å². The third-order valence-electron chi connectivity index (χ3n) is 1.76. The van der Waals surface area contributed by atoms with Crippen molar-refractivity contribution < 1.29 is 0 Å². The fraction of sp³-hybridized carbons (Fsp3) is 0.538. The normalized spacial score (nSPS) is 21.9. The Hall–Kier alpha value is -0.820. The molecule has 0 radical (unpaired) electrons. The Morgan fingerprint density at radius 2 is 1.71 bits per heavy atom. The van der Waals surface area contributed by atoms with Gasteiger partial charge in [-0.2, -0.15) is 0 Å². The van der Waals surface area contributed by atoms with Crippen molar-refractivity contribution in [3.63, 3.8) is 0 Å². The molecule has 0 aromatic carbocycles. The summed E-state index contributed by atoms with van der Waals surface area (Å²) in [5.74, 6) is 0. The average molecular weight is 195 g/mol. The molecule has 0 saturated heterocycles. The number of nitrogens with two attached hydrogens (primary N) is 1. The second kappa shape index (κ2) is 10.3. The predicted octanol–water partition coefficient (Wildman–Crippen LogP) is 3.83. The van der Waals surface area contributed by atoms with Gasteiger partial charge < -0.3 is 5.73 Å². The van der Waals surface area contributed by atoms with Crippen LogP contribution in [0, 0.1) is 0 Å². The maximum Gasteiger partial charge on any atom is 0.0120 e. The van der Waals surface area contributed by atoms with Gasteiger partial charge in [0.2, 0.25) is 0 Å². The Kier molecular flexibility index (Phi) is 11.5. The molecule has 0 spiro atoms. The minimum absolute atomic E-state index is 0.290. The minimum atomic E-state index is 0.290. The van der Waals surface area contributed by atoms with E-state index in [0.29, 0.717) is 6.04 Å². The third kappa shape index (κ3) is 5.76. The molecule has 0 amide bonds. The van der Waals surface area contributed by atoms with E-state index in [1.54, 1.807) is 6.08 Å². The number of hydrogen-bond acceptors (Lipinski definition) is 1. The van der Waals surface area contributed by atoms with Gasteiger partial charge in [0.1, 0.15) is 0 Å². The summed E-state index contributed by atoms with van der Waals surface area (Å²) in [7, 11) is 0. The summed E-state index contributed by atoms with van der Waals surface area (Å²) in [6.07, 6.45) is 5.69. The maximum atomic E-state index is 5.71. The molecule has 0 aromatic rings. The molecule has 0 aliphatic heterocycles. The van der Waals surface area contributed by atoms with Gasteiger partial charge in [-0.05, 0) is 18.4 Å². The summed E-state index contributed by atoms with van der Waals surface area (Å²) in [4.78, 5) is 0. The Morgan fingerprint density at radius 1 is 1.21 bits per heavy atom. The zero-order valence-corrected chi connectivity index (χ0v) is 10.1. The van der Waals surface area contributed by atoms with Gasteiger partial charge in [-0.25, -0.2) is 0 Å². The molecule has 1 atom stereocenters. The highest BCUT2D eigenvalue weighted by atomic mass is 14.6. The van der Waals surface area contributed by atoms with Gasteiger partial charge in [-0.1, -0.05) is 58.6 Å². The van der Waals surface area contributed by atoms with Crippen LogP contribution >= 0.6 is 0 Å². The lowest BCUT2D eigenvalue weighted by molar-refractivity contribution is 0.735. The minimum Gasteiger partial charge on any atom is -0.327 e. The fourth-order valence-electron chi connectivity index (χ4n) is 1.27. The molecule has 1 fully saturated rings. The SMILES string of the molecule is C=C/C=C1/CC(N)CC1=C.CC.CC. The lowest BCUT2D eigenvalue weighted by Crippen LogP contribution is -2.13. The molecule has 1 saturated carbocycles. The highest BCUT2D eigenvalue weighted by Gasteiger charge is 2.17. The van der Waals surface area contributed by atoms with Crippen molar-refractivity contribution in [2.45, 2.75) is 46.6 Å². The molecule has 0 heterocycles. The van der Waals surface area contributed by atoms with Crippen LogP contribution in [0.15, 0.2) is 36.5 Å². The van der Waals surface area contributed by atoms with Gasteiger partial charge in [0.05, 0.1) is 0 Å². The van der Waals surface area contributed by atoms with Crippen molar-refractivity contribution >= 4 is 0 Å². The molecule has 1 aliphatic rings. The van der Waals surface area contributed by atoms with Crippen LogP contribution in [-0.4, -0.2) is 6.04 Å². The van der Waals surface area contributed by atoms with Crippen molar-refractivity contribution in [2.24, 2.45) is 5.73 Å². The summed E-state index contributed by atoms with van der Waals surface area (Å²) >= 11 is 0. The molecule has 14 heavy (non-hydrogen) atoms. The van der Waals surface area contributed by atoms with Crippen LogP contribution < -0.4 is 5.73 Å². The van der Waals surface area contributed by atoms with Crippen molar-refractivity contribution in [1.82, 2.24) is 0 Å². The molecule has 1 aliphatic carbocycles. The number of hydrogen-bond donors (Lipinski definition) is 1. The van der Waals surface area contributed by atoms with Crippen molar-refractivity contribution in [1.29, 1.82) is 0 Å². The van der Waals surface area contributed by atoms with Gasteiger partial charge in [0, 0.05) is 6.04 Å². The van der Waals surface area contributed by atoms with Crippen LogP contribution in [0.5, 0.6) is 0 Å². The van der Waals surface area contributed by atoms with E-state index in [9.17, 15) is 0 Å².